The van der Waals surface area contributed by atoms with Crippen LogP contribution in [0.25, 0.3) is 11.4 Å². The molecule has 3 rings (SSSR count). The third kappa shape index (κ3) is 2.74. The molecule has 0 atom stereocenters. The molecule has 0 bridgehead atoms. The summed E-state index contributed by atoms with van der Waals surface area (Å²) in [7, 11) is 1.54. The number of ether oxygens (including phenoxy) is 1. The molecule has 0 fully saturated rings. The Morgan fingerprint density at radius 3 is 2.62 bits per heavy atom. The molecule has 21 heavy (non-hydrogen) atoms. The van der Waals surface area contributed by atoms with Crippen molar-refractivity contribution in [2.75, 3.05) is 7.11 Å². The molecule has 6 heteroatoms. The summed E-state index contributed by atoms with van der Waals surface area (Å²) in [5, 5.41) is 0. The van der Waals surface area contributed by atoms with E-state index in [0.717, 1.165) is 22.6 Å². The highest BCUT2D eigenvalue weighted by Crippen LogP contribution is 2.18. The Morgan fingerprint density at radius 2 is 1.90 bits per heavy atom. The van der Waals surface area contributed by atoms with Crippen molar-refractivity contribution in [3.63, 3.8) is 0 Å². The maximum Gasteiger partial charge on any atom is 0.316 e. The summed E-state index contributed by atoms with van der Waals surface area (Å²) in [4.78, 5) is 17.0. The van der Waals surface area contributed by atoms with Crippen LogP contribution in [0.15, 0.2) is 43.1 Å². The van der Waals surface area contributed by atoms with Crippen molar-refractivity contribution in [2.45, 2.75) is 13.5 Å². The van der Waals surface area contributed by atoms with Crippen molar-refractivity contribution in [1.29, 1.82) is 0 Å². The van der Waals surface area contributed by atoms with E-state index in [2.05, 4.69) is 32.9 Å². The Labute approximate surface area is 122 Å². The van der Waals surface area contributed by atoms with Gasteiger partial charge in [0.05, 0.1) is 24.9 Å². The molecule has 0 spiro atoms. The standard InChI is InChI=1S/C15H15N5O/c1-11-4-3-5-16-13(11)10-20-7-6-17-14(20)12-8-18-15(21-2)19-9-12/h3-9H,10H2,1-2H3. The van der Waals surface area contributed by atoms with E-state index < -0.39 is 0 Å². The lowest BCUT2D eigenvalue weighted by Crippen LogP contribution is -2.05. The fourth-order valence-corrected chi connectivity index (χ4v) is 2.08. The van der Waals surface area contributed by atoms with Gasteiger partial charge in [0.15, 0.2) is 0 Å². The largest absolute Gasteiger partial charge is 0.467 e. The third-order valence-electron chi connectivity index (χ3n) is 3.22. The van der Waals surface area contributed by atoms with Crippen LogP contribution < -0.4 is 4.74 Å². The van der Waals surface area contributed by atoms with Crippen LogP contribution in [0.5, 0.6) is 6.01 Å². The molecule has 0 aliphatic rings. The van der Waals surface area contributed by atoms with Gasteiger partial charge in [0, 0.05) is 31.0 Å². The van der Waals surface area contributed by atoms with Gasteiger partial charge >= 0.3 is 6.01 Å². The molecule has 3 heterocycles. The molecule has 3 aromatic heterocycles. The summed E-state index contributed by atoms with van der Waals surface area (Å²) in [6.07, 6.45) is 8.90. The number of pyridine rings is 1. The van der Waals surface area contributed by atoms with Crippen LogP contribution in [-0.4, -0.2) is 31.6 Å². The quantitative estimate of drug-likeness (QED) is 0.732. The molecule has 0 radical (unpaired) electrons. The number of hydrogen-bond donors (Lipinski definition) is 0. The molecule has 106 valence electrons. The minimum absolute atomic E-state index is 0.345. The van der Waals surface area contributed by atoms with E-state index >= 15 is 0 Å². The van der Waals surface area contributed by atoms with Gasteiger partial charge in [-0.1, -0.05) is 6.07 Å². The fraction of sp³-hybridized carbons (Fsp3) is 0.200. The highest BCUT2D eigenvalue weighted by atomic mass is 16.5. The lowest BCUT2D eigenvalue weighted by atomic mass is 10.2. The summed E-state index contributed by atoms with van der Waals surface area (Å²) in [6, 6.07) is 4.33. The van der Waals surface area contributed by atoms with Crippen LogP contribution in [0.4, 0.5) is 0 Å². The summed E-state index contributed by atoms with van der Waals surface area (Å²) in [5.41, 5.74) is 3.02. The van der Waals surface area contributed by atoms with Gasteiger partial charge in [-0.2, -0.15) is 0 Å². The van der Waals surface area contributed by atoms with Crippen molar-refractivity contribution < 1.29 is 4.74 Å². The topological polar surface area (TPSA) is 65.7 Å². The summed E-state index contributed by atoms with van der Waals surface area (Å²) < 4.78 is 7.00. The Morgan fingerprint density at radius 1 is 1.10 bits per heavy atom. The predicted octanol–water partition coefficient (Wildman–Crippen LogP) is 2.10. The zero-order valence-corrected chi connectivity index (χ0v) is 11.9. The highest BCUT2D eigenvalue weighted by Gasteiger charge is 2.09. The van der Waals surface area contributed by atoms with E-state index in [-0.39, 0.29) is 0 Å². The van der Waals surface area contributed by atoms with Crippen molar-refractivity contribution >= 4 is 0 Å². The Bertz CT molecular complexity index is 736. The summed E-state index contributed by atoms with van der Waals surface area (Å²) >= 11 is 0. The van der Waals surface area contributed by atoms with E-state index in [0.29, 0.717) is 12.6 Å². The third-order valence-corrected chi connectivity index (χ3v) is 3.22. The van der Waals surface area contributed by atoms with Crippen LogP contribution in [0.3, 0.4) is 0 Å². The van der Waals surface area contributed by atoms with Crippen molar-refractivity contribution in [1.82, 2.24) is 24.5 Å². The van der Waals surface area contributed by atoms with Gasteiger partial charge < -0.3 is 9.30 Å². The van der Waals surface area contributed by atoms with Crippen LogP contribution in [-0.2, 0) is 6.54 Å². The Balaban J connectivity index is 1.91. The van der Waals surface area contributed by atoms with Crippen molar-refractivity contribution in [2.24, 2.45) is 0 Å². The minimum Gasteiger partial charge on any atom is -0.467 e. The maximum absolute atomic E-state index is 4.97. The first-order valence-corrected chi connectivity index (χ1v) is 6.56. The van der Waals surface area contributed by atoms with E-state index in [4.69, 9.17) is 4.74 Å². The monoisotopic (exact) mass is 281 g/mol. The molecule has 0 saturated carbocycles. The number of aromatic nitrogens is 5. The van der Waals surface area contributed by atoms with Crippen LogP contribution in [0.1, 0.15) is 11.3 Å². The molecular weight excluding hydrogens is 266 g/mol. The first-order valence-electron chi connectivity index (χ1n) is 6.56. The SMILES string of the molecule is COc1ncc(-c2nccn2Cc2ncccc2C)cn1. The zero-order chi connectivity index (χ0) is 14.7. The second-order valence-electron chi connectivity index (χ2n) is 4.60. The number of aryl methyl sites for hydroxylation is 1. The second kappa shape index (κ2) is 5.70. The first kappa shape index (κ1) is 13.2. The van der Waals surface area contributed by atoms with Crippen LogP contribution in [0, 0.1) is 6.92 Å². The number of imidazole rings is 1. The summed E-state index contributed by atoms with van der Waals surface area (Å²) in [6.45, 7) is 2.71. The van der Waals surface area contributed by atoms with Gasteiger partial charge in [-0.25, -0.2) is 15.0 Å². The van der Waals surface area contributed by atoms with E-state index in [1.54, 1.807) is 31.9 Å². The molecule has 0 unspecified atom stereocenters. The zero-order valence-electron chi connectivity index (χ0n) is 11.9. The minimum atomic E-state index is 0.345. The lowest BCUT2D eigenvalue weighted by molar-refractivity contribution is 0.380. The molecule has 6 nitrogen and oxygen atoms in total. The average Bonchev–Trinajstić information content (AvgIpc) is 2.98. The Hall–Kier alpha value is -2.76. The number of methoxy groups -OCH3 is 1. The lowest BCUT2D eigenvalue weighted by Gasteiger charge is -2.09. The number of nitrogens with zero attached hydrogens (tertiary/aromatic N) is 5. The van der Waals surface area contributed by atoms with E-state index in [1.807, 2.05) is 16.8 Å². The van der Waals surface area contributed by atoms with Crippen molar-refractivity contribution in [3.8, 4) is 17.4 Å². The summed E-state index contributed by atoms with van der Waals surface area (Å²) in [5.74, 6) is 0.808. The van der Waals surface area contributed by atoms with Gasteiger partial charge in [-0.15, -0.1) is 0 Å². The van der Waals surface area contributed by atoms with E-state index in [1.165, 1.54) is 0 Å². The number of rotatable bonds is 4. The van der Waals surface area contributed by atoms with Crippen LogP contribution in [0.2, 0.25) is 0 Å². The molecular formula is C15H15N5O. The predicted molar refractivity (Wildman–Crippen MR) is 77.9 cm³/mol. The molecule has 0 aliphatic carbocycles. The van der Waals surface area contributed by atoms with E-state index in [9.17, 15) is 0 Å². The average molecular weight is 281 g/mol. The maximum atomic E-state index is 4.97. The second-order valence-corrected chi connectivity index (χ2v) is 4.60. The van der Waals surface area contributed by atoms with Gasteiger partial charge in [-0.3, -0.25) is 4.98 Å². The molecule has 0 N–H and O–H groups in total. The molecule has 0 amide bonds. The van der Waals surface area contributed by atoms with Crippen LogP contribution >= 0.6 is 0 Å². The van der Waals surface area contributed by atoms with Gasteiger partial charge in [0.1, 0.15) is 5.82 Å². The molecule has 3 aromatic rings. The van der Waals surface area contributed by atoms with Gasteiger partial charge in [0.2, 0.25) is 0 Å². The molecule has 0 aliphatic heterocycles. The highest BCUT2D eigenvalue weighted by molar-refractivity contribution is 5.53. The fourth-order valence-electron chi connectivity index (χ4n) is 2.08. The van der Waals surface area contributed by atoms with Crippen molar-refractivity contribution in [3.05, 3.63) is 54.4 Å². The first-order chi connectivity index (χ1) is 10.3. The smallest absolute Gasteiger partial charge is 0.316 e. The van der Waals surface area contributed by atoms with Gasteiger partial charge in [0.25, 0.3) is 0 Å². The van der Waals surface area contributed by atoms with Gasteiger partial charge in [-0.05, 0) is 18.6 Å². The molecule has 0 saturated heterocycles. The normalized spacial score (nSPS) is 10.6. The Kier molecular flexibility index (Phi) is 3.59. The molecule has 0 aromatic carbocycles. The number of hydrogen-bond acceptors (Lipinski definition) is 5.